The molecule has 0 unspecified atom stereocenters. The van der Waals surface area contributed by atoms with Gasteiger partial charge >= 0.3 is 0 Å². The van der Waals surface area contributed by atoms with Gasteiger partial charge in [-0.3, -0.25) is 4.79 Å². The van der Waals surface area contributed by atoms with Gasteiger partial charge in [-0.2, -0.15) is 5.26 Å². The van der Waals surface area contributed by atoms with E-state index < -0.39 is 5.91 Å². The topological polar surface area (TPSA) is 71.3 Å². The summed E-state index contributed by atoms with van der Waals surface area (Å²) in [4.78, 5) is 12.4. The fraction of sp³-hybridized carbons (Fsp3) is 0.143. The Balaban J connectivity index is 2.23. The molecule has 0 saturated carbocycles. The molecule has 0 fully saturated rings. The summed E-state index contributed by atoms with van der Waals surface area (Å²) in [5, 5.41) is 12.5. The van der Waals surface area contributed by atoms with Crippen LogP contribution < -0.4 is 14.8 Å². The van der Waals surface area contributed by atoms with E-state index in [4.69, 9.17) is 39.1 Å². The van der Waals surface area contributed by atoms with Gasteiger partial charge in [0.25, 0.3) is 5.91 Å². The molecule has 0 radical (unpaired) electrons. The maximum atomic E-state index is 12.4. The first-order valence-corrected chi connectivity index (χ1v) is 8.95. The molecule has 7 heteroatoms. The van der Waals surface area contributed by atoms with Crippen LogP contribution in [0.5, 0.6) is 11.5 Å². The number of carbonyl (C=O) groups is 1. The van der Waals surface area contributed by atoms with E-state index in [0.717, 1.165) is 0 Å². The Morgan fingerprint density at radius 2 is 1.96 bits per heavy atom. The number of rotatable bonds is 7. The molecule has 0 saturated heterocycles. The second-order valence-corrected chi connectivity index (χ2v) is 6.21. The Labute approximate surface area is 173 Å². The van der Waals surface area contributed by atoms with Gasteiger partial charge in [0.2, 0.25) is 0 Å². The molecule has 0 aliphatic heterocycles. The number of amides is 1. The smallest absolute Gasteiger partial charge is 0.266 e. The van der Waals surface area contributed by atoms with Crippen LogP contribution in [-0.4, -0.2) is 19.1 Å². The van der Waals surface area contributed by atoms with E-state index in [1.54, 1.807) is 24.3 Å². The summed E-state index contributed by atoms with van der Waals surface area (Å²) in [6.07, 6.45) is 6.53. The molecule has 0 spiro atoms. The molecule has 1 N–H and O–H groups in total. The maximum absolute atomic E-state index is 12.4. The molecule has 0 bridgehead atoms. The SMILES string of the molecule is C#CCOc1c(Cl)cc(/C=C(/C#N)C(=O)Nc2cccc(OCC)c2)cc1Cl. The van der Waals surface area contributed by atoms with Crippen LogP contribution in [0.4, 0.5) is 5.69 Å². The van der Waals surface area contributed by atoms with Gasteiger partial charge in [0.05, 0.1) is 16.7 Å². The van der Waals surface area contributed by atoms with Gasteiger partial charge in [-0.05, 0) is 42.8 Å². The van der Waals surface area contributed by atoms with Crippen LogP contribution in [0.2, 0.25) is 10.0 Å². The number of halogens is 2. The van der Waals surface area contributed by atoms with Crippen molar-refractivity contribution < 1.29 is 14.3 Å². The number of nitrogens with one attached hydrogen (secondary N) is 1. The third kappa shape index (κ3) is 5.69. The van der Waals surface area contributed by atoms with Gasteiger partial charge in [-0.25, -0.2) is 0 Å². The number of ether oxygens (including phenoxy) is 2. The molecule has 1 amide bonds. The van der Waals surface area contributed by atoms with Crippen molar-refractivity contribution in [3.8, 4) is 29.9 Å². The van der Waals surface area contributed by atoms with E-state index in [2.05, 4.69) is 11.2 Å². The zero-order valence-electron chi connectivity index (χ0n) is 15.0. The molecular weight excluding hydrogens is 399 g/mol. The lowest BCUT2D eigenvalue weighted by Gasteiger charge is -2.09. The fourth-order valence-electron chi connectivity index (χ4n) is 2.26. The van der Waals surface area contributed by atoms with Gasteiger partial charge in [0.1, 0.15) is 24.0 Å². The van der Waals surface area contributed by atoms with Crippen LogP contribution in [0.15, 0.2) is 42.0 Å². The predicted molar refractivity (Wildman–Crippen MR) is 111 cm³/mol. The van der Waals surface area contributed by atoms with Crippen LogP contribution >= 0.6 is 23.2 Å². The zero-order chi connectivity index (χ0) is 20.5. The first kappa shape index (κ1) is 21.2. The summed E-state index contributed by atoms with van der Waals surface area (Å²) in [5.41, 5.74) is 0.857. The van der Waals surface area contributed by atoms with Crippen molar-refractivity contribution in [2.75, 3.05) is 18.5 Å². The average Bonchev–Trinajstić information content (AvgIpc) is 2.66. The Hall–Kier alpha value is -3.12. The molecule has 0 aliphatic rings. The number of nitrogens with zero attached hydrogens (tertiary/aromatic N) is 1. The minimum absolute atomic E-state index is 0.0152. The van der Waals surface area contributed by atoms with Crippen molar-refractivity contribution >= 4 is 40.9 Å². The third-order valence-electron chi connectivity index (χ3n) is 3.40. The molecule has 5 nitrogen and oxygen atoms in total. The van der Waals surface area contributed by atoms with Crippen molar-refractivity contribution in [2.45, 2.75) is 6.92 Å². The summed E-state index contributed by atoms with van der Waals surface area (Å²) in [6, 6.07) is 11.8. The normalized spacial score (nSPS) is 10.5. The van der Waals surface area contributed by atoms with Gasteiger partial charge in [0.15, 0.2) is 5.75 Å². The van der Waals surface area contributed by atoms with Crippen molar-refractivity contribution in [3.63, 3.8) is 0 Å². The van der Waals surface area contributed by atoms with E-state index >= 15 is 0 Å². The first-order chi connectivity index (χ1) is 13.5. The van der Waals surface area contributed by atoms with E-state index in [9.17, 15) is 10.1 Å². The molecule has 142 valence electrons. The Morgan fingerprint density at radius 3 is 2.57 bits per heavy atom. The van der Waals surface area contributed by atoms with Gasteiger partial charge in [-0.1, -0.05) is 35.2 Å². The predicted octanol–water partition coefficient (Wildman–Crippen LogP) is 4.95. The molecule has 0 heterocycles. The average molecular weight is 415 g/mol. The minimum atomic E-state index is -0.573. The lowest BCUT2D eigenvalue weighted by Crippen LogP contribution is -2.13. The van der Waals surface area contributed by atoms with Crippen LogP contribution in [0, 0.1) is 23.7 Å². The van der Waals surface area contributed by atoms with Crippen molar-refractivity contribution in [2.24, 2.45) is 0 Å². The van der Waals surface area contributed by atoms with E-state index in [0.29, 0.717) is 23.6 Å². The van der Waals surface area contributed by atoms with E-state index in [1.165, 1.54) is 18.2 Å². The molecular formula is C21H16Cl2N2O3. The molecule has 0 aromatic heterocycles. The molecule has 28 heavy (non-hydrogen) atoms. The van der Waals surface area contributed by atoms with Crippen LogP contribution in [-0.2, 0) is 4.79 Å². The van der Waals surface area contributed by atoms with Crippen LogP contribution in [0.3, 0.4) is 0 Å². The van der Waals surface area contributed by atoms with Gasteiger partial charge in [0, 0.05) is 11.8 Å². The lowest BCUT2D eigenvalue weighted by molar-refractivity contribution is -0.112. The number of hydrogen-bond acceptors (Lipinski definition) is 4. The molecule has 0 atom stereocenters. The first-order valence-electron chi connectivity index (χ1n) is 8.19. The van der Waals surface area contributed by atoms with Gasteiger partial charge in [-0.15, -0.1) is 6.42 Å². The highest BCUT2D eigenvalue weighted by molar-refractivity contribution is 6.37. The van der Waals surface area contributed by atoms with Gasteiger partial charge < -0.3 is 14.8 Å². The number of terminal acetylenes is 1. The summed E-state index contributed by atoms with van der Waals surface area (Å²) in [6.45, 7) is 2.38. The minimum Gasteiger partial charge on any atom is -0.494 e. The lowest BCUT2D eigenvalue weighted by atomic mass is 10.1. The highest BCUT2D eigenvalue weighted by Gasteiger charge is 2.13. The van der Waals surface area contributed by atoms with Crippen molar-refractivity contribution in [1.29, 1.82) is 5.26 Å². The summed E-state index contributed by atoms with van der Waals surface area (Å²) >= 11 is 12.3. The zero-order valence-corrected chi connectivity index (χ0v) is 16.5. The summed E-state index contributed by atoms with van der Waals surface area (Å²) in [7, 11) is 0. The number of hydrogen-bond donors (Lipinski definition) is 1. The molecule has 2 rings (SSSR count). The maximum Gasteiger partial charge on any atom is 0.266 e. The van der Waals surface area contributed by atoms with E-state index in [-0.39, 0.29) is 28.0 Å². The highest BCUT2D eigenvalue weighted by Crippen LogP contribution is 2.34. The summed E-state index contributed by atoms with van der Waals surface area (Å²) < 4.78 is 10.7. The standard InChI is InChI=1S/C21H16Cl2N2O3/c1-3-8-28-20-18(22)10-14(11-19(20)23)9-15(13-24)21(26)25-16-6-5-7-17(12-16)27-4-2/h1,5-7,9-12H,4,8H2,2H3,(H,25,26)/b15-9-. The van der Waals surface area contributed by atoms with E-state index in [1.807, 2.05) is 13.0 Å². The number of carbonyl (C=O) groups excluding carboxylic acids is 1. The summed E-state index contributed by atoms with van der Waals surface area (Å²) in [5.74, 6) is 2.61. The quantitative estimate of drug-likeness (QED) is 0.395. The second kappa shape index (κ2) is 10.3. The molecule has 2 aromatic rings. The fourth-order valence-corrected chi connectivity index (χ4v) is 2.87. The second-order valence-electron chi connectivity index (χ2n) is 5.39. The number of anilines is 1. The van der Waals surface area contributed by atoms with Crippen LogP contribution in [0.1, 0.15) is 12.5 Å². The molecule has 0 aliphatic carbocycles. The largest absolute Gasteiger partial charge is 0.494 e. The highest BCUT2D eigenvalue weighted by atomic mass is 35.5. The Kier molecular flexibility index (Phi) is 7.77. The number of nitriles is 1. The molecule has 2 aromatic carbocycles. The van der Waals surface area contributed by atoms with Crippen molar-refractivity contribution in [1.82, 2.24) is 0 Å². The van der Waals surface area contributed by atoms with Crippen LogP contribution in [0.25, 0.3) is 6.08 Å². The third-order valence-corrected chi connectivity index (χ3v) is 3.96. The Bertz CT molecular complexity index is 965. The monoisotopic (exact) mass is 414 g/mol. The number of benzene rings is 2. The Morgan fingerprint density at radius 1 is 1.25 bits per heavy atom. The van der Waals surface area contributed by atoms with Crippen molar-refractivity contribution in [3.05, 3.63) is 57.6 Å².